The molecule has 0 spiro atoms. The molecule has 0 N–H and O–H groups in total. The molecule has 0 bridgehead atoms. The van der Waals surface area contributed by atoms with Gasteiger partial charge in [-0.05, 0) is 35.8 Å². The van der Waals surface area contributed by atoms with E-state index in [0.717, 1.165) is 0 Å². The molecule has 174 valence electrons. The van der Waals surface area contributed by atoms with Gasteiger partial charge < -0.3 is 14.2 Å². The minimum Gasteiger partial charge on any atom is -0.491 e. The number of halogens is 3. The van der Waals surface area contributed by atoms with E-state index in [-0.39, 0.29) is 17.9 Å². The molecular formula is C27H27F3O3. The zero-order valence-electron chi connectivity index (χ0n) is 18.6. The molecule has 1 heterocycles. The van der Waals surface area contributed by atoms with E-state index in [1.54, 1.807) is 48.6 Å². The summed E-state index contributed by atoms with van der Waals surface area (Å²) in [6.07, 6.45) is 2.22. The number of alkyl halides is 2. The van der Waals surface area contributed by atoms with Gasteiger partial charge in [0.1, 0.15) is 18.2 Å². The second-order valence-corrected chi connectivity index (χ2v) is 8.30. The van der Waals surface area contributed by atoms with Crippen molar-refractivity contribution in [3.63, 3.8) is 0 Å². The highest BCUT2D eigenvalue weighted by molar-refractivity contribution is 5.75. The van der Waals surface area contributed by atoms with E-state index in [9.17, 15) is 13.2 Å². The van der Waals surface area contributed by atoms with Crippen LogP contribution in [0.1, 0.15) is 31.3 Å². The average molecular weight is 457 g/mol. The fourth-order valence-electron chi connectivity index (χ4n) is 3.83. The van der Waals surface area contributed by atoms with Crippen molar-refractivity contribution in [2.24, 2.45) is 5.92 Å². The Hall–Kier alpha value is -2.83. The van der Waals surface area contributed by atoms with E-state index in [1.807, 2.05) is 13.8 Å². The maximum atomic E-state index is 14.8. The lowest BCUT2D eigenvalue weighted by Crippen LogP contribution is -2.25. The van der Waals surface area contributed by atoms with Crippen molar-refractivity contribution in [1.82, 2.24) is 0 Å². The quantitative estimate of drug-likeness (QED) is 0.452. The normalized spacial score (nSPS) is 25.6. The molecule has 0 radical (unpaired) electrons. The zero-order chi connectivity index (χ0) is 23.4. The van der Waals surface area contributed by atoms with Gasteiger partial charge in [-0.1, -0.05) is 61.5 Å². The average Bonchev–Trinajstić information content (AvgIpc) is 2.83. The van der Waals surface area contributed by atoms with Crippen molar-refractivity contribution in [3.8, 4) is 11.1 Å². The van der Waals surface area contributed by atoms with Gasteiger partial charge in [0.25, 0.3) is 0 Å². The first-order chi connectivity index (χ1) is 16.0. The molecule has 2 aromatic carbocycles. The smallest absolute Gasteiger partial charge is 0.192 e. The van der Waals surface area contributed by atoms with Crippen LogP contribution in [0.3, 0.4) is 0 Å². The van der Waals surface area contributed by atoms with Crippen LogP contribution in [0, 0.1) is 11.7 Å². The van der Waals surface area contributed by atoms with E-state index < -0.39 is 24.5 Å². The van der Waals surface area contributed by atoms with E-state index in [2.05, 4.69) is 0 Å². The Morgan fingerprint density at radius 1 is 0.970 bits per heavy atom. The van der Waals surface area contributed by atoms with Crippen LogP contribution in [0.4, 0.5) is 13.2 Å². The van der Waals surface area contributed by atoms with E-state index in [0.29, 0.717) is 41.4 Å². The first-order valence-corrected chi connectivity index (χ1v) is 11.0. The van der Waals surface area contributed by atoms with Crippen LogP contribution in [-0.2, 0) is 14.2 Å². The van der Waals surface area contributed by atoms with Gasteiger partial charge in [0.2, 0.25) is 0 Å². The largest absolute Gasteiger partial charge is 0.491 e. The molecule has 4 rings (SSSR count). The topological polar surface area (TPSA) is 27.7 Å². The Kier molecular flexibility index (Phi) is 7.36. The lowest BCUT2D eigenvalue weighted by molar-refractivity contribution is -0.202. The molecule has 2 aromatic rings. The van der Waals surface area contributed by atoms with Crippen molar-refractivity contribution in [2.75, 3.05) is 19.8 Å². The molecule has 0 aromatic heterocycles. The van der Waals surface area contributed by atoms with E-state index in [4.69, 9.17) is 14.2 Å². The molecule has 1 fully saturated rings. The molecule has 1 aliphatic heterocycles. The Labute approximate surface area is 192 Å². The predicted molar refractivity (Wildman–Crippen MR) is 122 cm³/mol. The summed E-state index contributed by atoms with van der Waals surface area (Å²) in [6, 6.07) is 11.6. The van der Waals surface area contributed by atoms with Crippen molar-refractivity contribution < 1.29 is 27.4 Å². The summed E-state index contributed by atoms with van der Waals surface area (Å²) in [7, 11) is 0. The van der Waals surface area contributed by atoms with Gasteiger partial charge in [-0.3, -0.25) is 0 Å². The van der Waals surface area contributed by atoms with Crippen LogP contribution in [-0.4, -0.2) is 32.2 Å². The number of rotatable bonds is 6. The fourth-order valence-corrected chi connectivity index (χ4v) is 3.83. The van der Waals surface area contributed by atoms with Crippen LogP contribution in [0.2, 0.25) is 0 Å². The molecule has 3 nitrogen and oxygen atoms in total. The van der Waals surface area contributed by atoms with Crippen LogP contribution in [0.25, 0.3) is 16.7 Å². The first-order valence-electron chi connectivity index (χ1n) is 11.0. The monoisotopic (exact) mass is 456 g/mol. The number of allylic oxidation sites excluding steroid dienone is 5. The standard InChI is InChI=1S/C27H27F3O3/c1-3-4-13-31-24-12-11-22(25(29)26(24)30)19-7-5-18(6-8-19)21-10-9-20(14-23(21)28)27-32-15-17(2)16-33-27/h3-12,14,17,25-27H,13,15-16H2,1-2H3/b4-3+. The molecule has 0 saturated carbocycles. The molecule has 6 heteroatoms. The highest BCUT2D eigenvalue weighted by atomic mass is 19.2. The van der Waals surface area contributed by atoms with Crippen molar-refractivity contribution >= 4 is 5.57 Å². The minimum atomic E-state index is -1.87. The SMILES string of the molecule is C/C=C/COC1=CC=C(c2ccc(-c3ccc(C4OCC(C)CO4)cc3F)cc2)C(F)C1F. The number of ether oxygens (including phenoxy) is 3. The molecule has 2 atom stereocenters. The minimum absolute atomic E-state index is 0.0245. The third-order valence-corrected chi connectivity index (χ3v) is 5.69. The van der Waals surface area contributed by atoms with Crippen molar-refractivity contribution in [2.45, 2.75) is 32.5 Å². The maximum Gasteiger partial charge on any atom is 0.192 e. The molecular weight excluding hydrogens is 429 g/mol. The number of hydrogen-bond donors (Lipinski definition) is 0. The highest BCUT2D eigenvalue weighted by Crippen LogP contribution is 2.34. The van der Waals surface area contributed by atoms with Gasteiger partial charge in [-0.15, -0.1) is 0 Å². The summed E-state index contributed by atoms with van der Waals surface area (Å²) in [5.74, 6) is -0.114. The molecule has 2 unspecified atom stereocenters. The molecule has 1 saturated heterocycles. The van der Waals surface area contributed by atoms with Crippen molar-refractivity contribution in [3.05, 3.63) is 89.5 Å². The van der Waals surface area contributed by atoms with Crippen LogP contribution >= 0.6 is 0 Å². The predicted octanol–water partition coefficient (Wildman–Crippen LogP) is 6.72. The van der Waals surface area contributed by atoms with Crippen LogP contribution < -0.4 is 0 Å². The maximum absolute atomic E-state index is 14.8. The summed E-state index contributed by atoms with van der Waals surface area (Å²) < 4.78 is 60.7. The number of benzene rings is 2. The molecule has 2 aliphatic rings. The third-order valence-electron chi connectivity index (χ3n) is 5.69. The van der Waals surface area contributed by atoms with Gasteiger partial charge in [0, 0.05) is 17.0 Å². The van der Waals surface area contributed by atoms with Crippen LogP contribution in [0.5, 0.6) is 0 Å². The Bertz CT molecular complexity index is 1050. The van der Waals surface area contributed by atoms with Gasteiger partial charge in [0.15, 0.2) is 18.6 Å². The summed E-state index contributed by atoms with van der Waals surface area (Å²) in [6.45, 7) is 5.18. The highest BCUT2D eigenvalue weighted by Gasteiger charge is 2.32. The van der Waals surface area contributed by atoms with Gasteiger partial charge in [0.05, 0.1) is 13.2 Å². The van der Waals surface area contributed by atoms with E-state index >= 15 is 0 Å². The number of hydrogen-bond acceptors (Lipinski definition) is 3. The van der Waals surface area contributed by atoms with Gasteiger partial charge >= 0.3 is 0 Å². The summed E-state index contributed by atoms with van der Waals surface area (Å²) in [5, 5.41) is 0. The van der Waals surface area contributed by atoms with Crippen molar-refractivity contribution in [1.29, 1.82) is 0 Å². The lowest BCUT2D eigenvalue weighted by Gasteiger charge is -2.27. The second kappa shape index (κ2) is 10.4. The first kappa shape index (κ1) is 23.3. The van der Waals surface area contributed by atoms with Gasteiger partial charge in [-0.2, -0.15) is 0 Å². The lowest BCUT2D eigenvalue weighted by atomic mass is 9.92. The third kappa shape index (κ3) is 5.23. The molecule has 33 heavy (non-hydrogen) atoms. The fraction of sp³-hybridized carbons (Fsp3) is 0.333. The molecule has 0 amide bonds. The summed E-state index contributed by atoms with van der Waals surface area (Å²) >= 11 is 0. The second-order valence-electron chi connectivity index (χ2n) is 8.30. The van der Waals surface area contributed by atoms with Crippen LogP contribution in [0.15, 0.2) is 72.5 Å². The van der Waals surface area contributed by atoms with Gasteiger partial charge in [-0.25, -0.2) is 13.2 Å². The Morgan fingerprint density at radius 2 is 1.67 bits per heavy atom. The Balaban J connectivity index is 1.50. The summed E-state index contributed by atoms with van der Waals surface area (Å²) in [5.41, 5.74) is 2.43. The Morgan fingerprint density at radius 3 is 2.33 bits per heavy atom. The summed E-state index contributed by atoms with van der Waals surface area (Å²) in [4.78, 5) is 0. The zero-order valence-corrected chi connectivity index (χ0v) is 18.6. The van der Waals surface area contributed by atoms with E-state index in [1.165, 1.54) is 18.2 Å². The molecule has 1 aliphatic carbocycles.